The molecule has 0 saturated carbocycles. The average Bonchev–Trinajstić information content (AvgIpc) is 2.54. The van der Waals surface area contributed by atoms with E-state index in [1.165, 1.54) is 21.3 Å². The van der Waals surface area contributed by atoms with Crippen LogP contribution in [0.1, 0.15) is 10.4 Å². The fourth-order valence-electron chi connectivity index (χ4n) is 2.01. The first kappa shape index (κ1) is 15.3. The van der Waals surface area contributed by atoms with Crippen LogP contribution in [0.3, 0.4) is 0 Å². The van der Waals surface area contributed by atoms with Crippen LogP contribution in [0.25, 0.3) is 0 Å². The number of benzene rings is 2. The molecule has 0 bridgehead atoms. The van der Waals surface area contributed by atoms with Crippen LogP contribution in [0.2, 0.25) is 0 Å². The summed E-state index contributed by atoms with van der Waals surface area (Å²) < 4.78 is 15.9. The van der Waals surface area contributed by atoms with Crippen molar-refractivity contribution in [1.29, 1.82) is 0 Å². The molecule has 2 aromatic carbocycles. The minimum absolute atomic E-state index is 0.00216. The molecule has 21 heavy (non-hydrogen) atoms. The summed E-state index contributed by atoms with van der Waals surface area (Å²) in [5.74, 6) is 1.41. The van der Waals surface area contributed by atoms with Crippen LogP contribution in [-0.2, 0) is 0 Å². The molecule has 0 amide bonds. The number of methoxy groups -OCH3 is 3. The average molecular weight is 304 g/mol. The Morgan fingerprint density at radius 2 is 1.48 bits per heavy atom. The Balaban J connectivity index is 2.43. The lowest BCUT2D eigenvalue weighted by atomic mass is 10.1. The predicted octanol–water partition coefficient (Wildman–Crippen LogP) is 2.86. The first-order valence-electron chi connectivity index (χ1n) is 6.36. The highest BCUT2D eigenvalue weighted by molar-refractivity contribution is 7.66. The Morgan fingerprint density at radius 1 is 0.857 bits per heavy atom. The van der Waals surface area contributed by atoms with E-state index in [1.807, 2.05) is 30.3 Å². The van der Waals surface area contributed by atoms with E-state index in [0.717, 1.165) is 5.30 Å². The van der Waals surface area contributed by atoms with Gasteiger partial charge < -0.3 is 14.2 Å². The van der Waals surface area contributed by atoms with Gasteiger partial charge in [-0.15, -0.1) is 0 Å². The number of carbonyl (C=O) groups is 1. The summed E-state index contributed by atoms with van der Waals surface area (Å²) in [6.07, 6.45) is 0. The van der Waals surface area contributed by atoms with Crippen LogP contribution in [0.15, 0.2) is 42.5 Å². The van der Waals surface area contributed by atoms with Crippen LogP contribution < -0.4 is 19.5 Å². The van der Waals surface area contributed by atoms with Crippen molar-refractivity contribution in [2.75, 3.05) is 21.3 Å². The van der Waals surface area contributed by atoms with E-state index in [4.69, 9.17) is 14.2 Å². The topological polar surface area (TPSA) is 44.8 Å². The Hall–Kier alpha value is -2.06. The SMILES string of the molecule is COc1ccc(OC)c(C(=O)Pc2ccccc2)c1OC. The number of rotatable bonds is 6. The zero-order chi connectivity index (χ0) is 15.2. The van der Waals surface area contributed by atoms with Crippen LogP contribution in [-0.4, -0.2) is 26.9 Å². The number of hydrogen-bond acceptors (Lipinski definition) is 4. The number of ether oxygens (including phenoxy) is 3. The lowest BCUT2D eigenvalue weighted by molar-refractivity contribution is 0.108. The molecule has 1 unspecified atom stereocenters. The highest BCUT2D eigenvalue weighted by Gasteiger charge is 2.22. The standard InChI is InChI=1S/C16H17O4P/c1-18-12-9-10-13(19-2)15(20-3)14(12)16(17)21-11-7-5-4-6-8-11/h4-10,21H,1-3H3. The molecule has 110 valence electrons. The summed E-state index contributed by atoms with van der Waals surface area (Å²) in [6.45, 7) is 0. The molecule has 0 heterocycles. The molecule has 0 aliphatic heterocycles. The maximum absolute atomic E-state index is 12.6. The molecule has 0 aromatic heterocycles. The van der Waals surface area contributed by atoms with Crippen LogP contribution in [0, 0.1) is 0 Å². The summed E-state index contributed by atoms with van der Waals surface area (Å²) in [6, 6.07) is 13.0. The van der Waals surface area contributed by atoms with Gasteiger partial charge in [0.25, 0.3) is 0 Å². The highest BCUT2D eigenvalue weighted by Crippen LogP contribution is 2.40. The number of hydrogen-bond donors (Lipinski definition) is 0. The van der Waals surface area contributed by atoms with Crippen molar-refractivity contribution in [3.05, 3.63) is 48.0 Å². The molecule has 2 aromatic rings. The molecule has 0 aliphatic carbocycles. The lowest BCUT2D eigenvalue weighted by Crippen LogP contribution is -2.06. The Labute approximate surface area is 125 Å². The maximum atomic E-state index is 12.6. The Kier molecular flexibility index (Phi) is 5.18. The quantitative estimate of drug-likeness (QED) is 0.770. The van der Waals surface area contributed by atoms with E-state index in [2.05, 4.69) is 0 Å². The predicted molar refractivity (Wildman–Crippen MR) is 84.8 cm³/mol. The molecule has 0 saturated heterocycles. The van der Waals surface area contributed by atoms with Gasteiger partial charge in [-0.05, 0) is 26.0 Å². The van der Waals surface area contributed by atoms with E-state index in [9.17, 15) is 4.79 Å². The Bertz CT molecular complexity index is 626. The van der Waals surface area contributed by atoms with Crippen molar-refractivity contribution in [2.45, 2.75) is 0 Å². The van der Waals surface area contributed by atoms with Crippen LogP contribution in [0.5, 0.6) is 17.2 Å². The smallest absolute Gasteiger partial charge is 0.193 e. The summed E-state index contributed by atoms with van der Waals surface area (Å²) in [4.78, 5) is 12.6. The van der Waals surface area contributed by atoms with Gasteiger partial charge in [0.1, 0.15) is 11.3 Å². The van der Waals surface area contributed by atoms with E-state index in [0.29, 0.717) is 22.8 Å². The minimum atomic E-state index is -0.0474. The zero-order valence-corrected chi connectivity index (χ0v) is 13.2. The molecule has 0 spiro atoms. The highest BCUT2D eigenvalue weighted by atomic mass is 31.1. The van der Waals surface area contributed by atoms with Crippen LogP contribution in [0.4, 0.5) is 0 Å². The van der Waals surface area contributed by atoms with Gasteiger partial charge in [-0.2, -0.15) is 0 Å². The van der Waals surface area contributed by atoms with E-state index in [-0.39, 0.29) is 14.1 Å². The normalized spacial score (nSPS) is 10.6. The molecule has 0 N–H and O–H groups in total. The first-order valence-corrected chi connectivity index (χ1v) is 7.36. The van der Waals surface area contributed by atoms with Gasteiger partial charge in [0.2, 0.25) is 0 Å². The molecule has 1 atom stereocenters. The molecule has 0 fully saturated rings. The fourth-order valence-corrected chi connectivity index (χ4v) is 2.99. The molecule has 5 heteroatoms. The van der Waals surface area contributed by atoms with E-state index >= 15 is 0 Å². The van der Waals surface area contributed by atoms with Crippen molar-refractivity contribution >= 4 is 19.4 Å². The van der Waals surface area contributed by atoms with Gasteiger partial charge >= 0.3 is 0 Å². The van der Waals surface area contributed by atoms with Gasteiger partial charge in [0, 0.05) is 0 Å². The summed E-state index contributed by atoms with van der Waals surface area (Å²) in [5.41, 5.74) is 0.371. The van der Waals surface area contributed by atoms with Gasteiger partial charge in [-0.3, -0.25) is 4.79 Å². The van der Waals surface area contributed by atoms with Gasteiger partial charge in [-0.25, -0.2) is 0 Å². The van der Waals surface area contributed by atoms with Crippen molar-refractivity contribution in [3.63, 3.8) is 0 Å². The lowest BCUT2D eigenvalue weighted by Gasteiger charge is -2.15. The second kappa shape index (κ2) is 7.09. The van der Waals surface area contributed by atoms with Gasteiger partial charge in [0.05, 0.1) is 21.3 Å². The van der Waals surface area contributed by atoms with E-state index in [1.54, 1.807) is 12.1 Å². The zero-order valence-electron chi connectivity index (χ0n) is 12.2. The van der Waals surface area contributed by atoms with Gasteiger partial charge in [0.15, 0.2) is 17.0 Å². The Morgan fingerprint density at radius 3 is 2.05 bits per heavy atom. The minimum Gasteiger partial charge on any atom is -0.496 e. The monoisotopic (exact) mass is 304 g/mol. The largest absolute Gasteiger partial charge is 0.496 e. The second-order valence-corrected chi connectivity index (χ2v) is 5.48. The molecular weight excluding hydrogens is 287 g/mol. The molecule has 0 radical (unpaired) electrons. The third kappa shape index (κ3) is 3.34. The third-order valence-electron chi connectivity index (χ3n) is 2.99. The molecule has 0 aliphatic rings. The summed E-state index contributed by atoms with van der Waals surface area (Å²) in [5, 5.41) is 0.967. The van der Waals surface area contributed by atoms with Crippen molar-refractivity contribution in [2.24, 2.45) is 0 Å². The molecular formula is C16H17O4P. The van der Waals surface area contributed by atoms with Crippen molar-refractivity contribution in [1.82, 2.24) is 0 Å². The number of carbonyl (C=O) groups excluding carboxylic acids is 1. The summed E-state index contributed by atoms with van der Waals surface area (Å²) >= 11 is 0. The second-order valence-electron chi connectivity index (χ2n) is 4.20. The third-order valence-corrected chi connectivity index (χ3v) is 4.09. The van der Waals surface area contributed by atoms with Crippen molar-refractivity contribution < 1.29 is 19.0 Å². The van der Waals surface area contributed by atoms with E-state index < -0.39 is 0 Å². The summed E-state index contributed by atoms with van der Waals surface area (Å²) in [7, 11) is 4.58. The molecule has 4 nitrogen and oxygen atoms in total. The fraction of sp³-hybridized carbons (Fsp3) is 0.188. The van der Waals surface area contributed by atoms with Crippen LogP contribution >= 0.6 is 8.58 Å². The molecule has 2 rings (SSSR count). The maximum Gasteiger partial charge on any atom is 0.193 e. The van der Waals surface area contributed by atoms with Crippen molar-refractivity contribution in [3.8, 4) is 17.2 Å². The van der Waals surface area contributed by atoms with Gasteiger partial charge in [-0.1, -0.05) is 30.3 Å². The first-order chi connectivity index (χ1) is 10.2.